The van der Waals surface area contributed by atoms with Crippen LogP contribution in [0, 0.1) is 0 Å². The first kappa shape index (κ1) is 13.9. The van der Waals surface area contributed by atoms with Gasteiger partial charge in [-0.2, -0.15) is 0 Å². The van der Waals surface area contributed by atoms with Crippen LogP contribution in [0.2, 0.25) is 0 Å². The summed E-state index contributed by atoms with van der Waals surface area (Å²) >= 11 is 5.15. The van der Waals surface area contributed by atoms with Gasteiger partial charge >= 0.3 is 0 Å². The molecule has 0 aliphatic heterocycles. The van der Waals surface area contributed by atoms with E-state index in [2.05, 4.69) is 15.9 Å². The lowest BCUT2D eigenvalue weighted by Gasteiger charge is -2.05. The molecule has 1 aromatic carbocycles. The topological polar surface area (TPSA) is 48.1 Å². The van der Waals surface area contributed by atoms with E-state index < -0.39 is 0 Å². The van der Waals surface area contributed by atoms with Crippen LogP contribution in [0.3, 0.4) is 0 Å². The molecule has 3 nitrogen and oxygen atoms in total. The summed E-state index contributed by atoms with van der Waals surface area (Å²) in [4.78, 5) is 4.79. The average Bonchev–Trinajstić information content (AvgIpc) is 3.07. The van der Waals surface area contributed by atoms with Gasteiger partial charge in [-0.15, -0.1) is 11.3 Å². The molecule has 0 atom stereocenters. The van der Waals surface area contributed by atoms with Crippen molar-refractivity contribution >= 4 is 32.3 Å². The number of hydrogen-bond donors (Lipinski definition) is 1. The highest BCUT2D eigenvalue weighted by atomic mass is 79.9. The van der Waals surface area contributed by atoms with Crippen LogP contribution in [0.5, 0.6) is 5.75 Å². The van der Waals surface area contributed by atoms with Crippen molar-refractivity contribution < 1.29 is 4.74 Å². The van der Waals surface area contributed by atoms with Gasteiger partial charge in [0.2, 0.25) is 0 Å². The van der Waals surface area contributed by atoms with Crippen LogP contribution >= 0.6 is 27.3 Å². The second kappa shape index (κ2) is 5.74. The van der Waals surface area contributed by atoms with E-state index in [1.54, 1.807) is 18.4 Å². The number of nitrogen functional groups attached to an aromatic ring is 1. The standard InChI is InChI=1S/C15H17BrN2OS/c1-19-12-7-6-10(8-11(12)16)13-14(17)20-15(18-13)9-4-2-3-5-9/h6-9H,2-5,17H2,1H3. The van der Waals surface area contributed by atoms with E-state index in [-0.39, 0.29) is 0 Å². The second-order valence-corrected chi connectivity index (χ2v) is 7.01. The van der Waals surface area contributed by atoms with Gasteiger partial charge in [0.25, 0.3) is 0 Å². The summed E-state index contributed by atoms with van der Waals surface area (Å²) in [5.74, 6) is 1.43. The minimum atomic E-state index is 0.609. The average molecular weight is 353 g/mol. The van der Waals surface area contributed by atoms with Gasteiger partial charge in [0.1, 0.15) is 16.4 Å². The summed E-state index contributed by atoms with van der Waals surface area (Å²) in [5, 5.41) is 2.01. The monoisotopic (exact) mass is 352 g/mol. The van der Waals surface area contributed by atoms with Gasteiger partial charge in [0.15, 0.2) is 0 Å². The Bertz CT molecular complexity index is 620. The van der Waals surface area contributed by atoms with Gasteiger partial charge in [-0.25, -0.2) is 4.98 Å². The first-order chi connectivity index (χ1) is 9.69. The van der Waals surface area contributed by atoms with Crippen molar-refractivity contribution in [1.82, 2.24) is 4.98 Å². The minimum absolute atomic E-state index is 0.609. The fraction of sp³-hybridized carbons (Fsp3) is 0.400. The molecule has 1 aromatic heterocycles. The van der Waals surface area contributed by atoms with Crippen LogP contribution in [0.1, 0.15) is 36.6 Å². The highest BCUT2D eigenvalue weighted by molar-refractivity contribution is 9.10. The van der Waals surface area contributed by atoms with Crippen molar-refractivity contribution in [1.29, 1.82) is 0 Å². The van der Waals surface area contributed by atoms with Crippen LogP contribution in [-0.2, 0) is 0 Å². The molecule has 1 heterocycles. The van der Waals surface area contributed by atoms with Gasteiger partial charge in [-0.05, 0) is 47.0 Å². The largest absolute Gasteiger partial charge is 0.496 e. The van der Waals surface area contributed by atoms with E-state index in [1.807, 2.05) is 18.2 Å². The zero-order valence-corrected chi connectivity index (χ0v) is 13.8. The van der Waals surface area contributed by atoms with Gasteiger partial charge in [0.05, 0.1) is 16.6 Å². The summed E-state index contributed by atoms with van der Waals surface area (Å²) in [6.45, 7) is 0. The van der Waals surface area contributed by atoms with Gasteiger partial charge in [-0.3, -0.25) is 0 Å². The number of nitrogens with zero attached hydrogens (tertiary/aromatic N) is 1. The zero-order chi connectivity index (χ0) is 14.1. The molecule has 2 aromatic rings. The molecule has 0 saturated heterocycles. The van der Waals surface area contributed by atoms with Crippen molar-refractivity contribution in [3.63, 3.8) is 0 Å². The third kappa shape index (κ3) is 2.56. The molecule has 20 heavy (non-hydrogen) atoms. The molecule has 2 N–H and O–H groups in total. The molecule has 1 aliphatic carbocycles. The molecule has 1 fully saturated rings. The highest BCUT2D eigenvalue weighted by Gasteiger charge is 2.22. The van der Waals surface area contributed by atoms with Crippen LogP contribution in [0.4, 0.5) is 5.00 Å². The SMILES string of the molecule is COc1ccc(-c2nc(C3CCCC3)sc2N)cc1Br. The van der Waals surface area contributed by atoms with Gasteiger partial charge in [0, 0.05) is 11.5 Å². The van der Waals surface area contributed by atoms with E-state index in [1.165, 1.54) is 30.7 Å². The summed E-state index contributed by atoms with van der Waals surface area (Å²) in [7, 11) is 1.66. The molecule has 0 bridgehead atoms. The van der Waals surface area contributed by atoms with Gasteiger partial charge in [-0.1, -0.05) is 12.8 Å². The Balaban J connectivity index is 1.95. The maximum absolute atomic E-state index is 6.17. The third-order valence-corrected chi connectivity index (χ3v) is 5.47. The van der Waals surface area contributed by atoms with E-state index in [4.69, 9.17) is 15.5 Å². The number of aromatic nitrogens is 1. The molecule has 106 valence electrons. The highest BCUT2D eigenvalue weighted by Crippen LogP contribution is 2.41. The summed E-state index contributed by atoms with van der Waals surface area (Å²) in [6, 6.07) is 5.96. The van der Waals surface area contributed by atoms with Crippen molar-refractivity contribution in [3.8, 4) is 17.0 Å². The number of anilines is 1. The van der Waals surface area contributed by atoms with Crippen LogP contribution in [-0.4, -0.2) is 12.1 Å². The number of halogens is 1. The van der Waals surface area contributed by atoms with E-state index >= 15 is 0 Å². The van der Waals surface area contributed by atoms with Crippen molar-refractivity contribution in [2.45, 2.75) is 31.6 Å². The Kier molecular flexibility index (Phi) is 3.98. The van der Waals surface area contributed by atoms with E-state index in [0.717, 1.165) is 26.5 Å². The van der Waals surface area contributed by atoms with E-state index in [9.17, 15) is 0 Å². The molecule has 0 amide bonds. The minimum Gasteiger partial charge on any atom is -0.496 e. The lowest BCUT2D eigenvalue weighted by atomic mass is 10.1. The Morgan fingerprint density at radius 3 is 2.75 bits per heavy atom. The maximum Gasteiger partial charge on any atom is 0.133 e. The molecule has 1 aliphatic rings. The molecule has 5 heteroatoms. The molecule has 3 rings (SSSR count). The normalized spacial score (nSPS) is 15.7. The van der Waals surface area contributed by atoms with Crippen LogP contribution < -0.4 is 10.5 Å². The number of ether oxygens (including phenoxy) is 1. The van der Waals surface area contributed by atoms with Crippen molar-refractivity contribution in [3.05, 3.63) is 27.7 Å². The quantitative estimate of drug-likeness (QED) is 0.861. The fourth-order valence-corrected chi connectivity index (χ4v) is 4.28. The molecule has 0 spiro atoms. The fourth-order valence-electron chi connectivity index (χ4n) is 2.72. The summed E-state index contributed by atoms with van der Waals surface area (Å²) in [6.07, 6.45) is 5.12. The summed E-state index contributed by atoms with van der Waals surface area (Å²) < 4.78 is 6.18. The molecular formula is C15H17BrN2OS. The number of hydrogen-bond acceptors (Lipinski definition) is 4. The van der Waals surface area contributed by atoms with Gasteiger partial charge < -0.3 is 10.5 Å². The van der Waals surface area contributed by atoms with Crippen molar-refractivity contribution in [2.24, 2.45) is 0 Å². The number of benzene rings is 1. The first-order valence-electron chi connectivity index (χ1n) is 6.79. The number of nitrogens with two attached hydrogens (primary N) is 1. The Morgan fingerprint density at radius 1 is 1.35 bits per heavy atom. The third-order valence-electron chi connectivity index (χ3n) is 3.80. The first-order valence-corrected chi connectivity index (χ1v) is 8.40. The van der Waals surface area contributed by atoms with E-state index in [0.29, 0.717) is 5.92 Å². The maximum atomic E-state index is 6.17. The molecule has 1 saturated carbocycles. The Hall–Kier alpha value is -1.07. The van der Waals surface area contributed by atoms with Crippen LogP contribution in [0.25, 0.3) is 11.3 Å². The molecule has 0 radical (unpaired) electrons. The Morgan fingerprint density at radius 2 is 2.10 bits per heavy atom. The summed E-state index contributed by atoms with van der Waals surface area (Å²) in [5.41, 5.74) is 8.11. The number of thiazole rings is 1. The molecular weight excluding hydrogens is 336 g/mol. The molecule has 0 unspecified atom stereocenters. The zero-order valence-electron chi connectivity index (χ0n) is 11.4. The lowest BCUT2D eigenvalue weighted by molar-refractivity contribution is 0.412. The predicted octanol–water partition coefficient (Wildman–Crippen LogP) is 4.82. The van der Waals surface area contributed by atoms with Crippen molar-refractivity contribution in [2.75, 3.05) is 12.8 Å². The predicted molar refractivity (Wildman–Crippen MR) is 87.4 cm³/mol. The number of methoxy groups -OCH3 is 1. The smallest absolute Gasteiger partial charge is 0.133 e. The number of rotatable bonds is 3. The second-order valence-electron chi connectivity index (χ2n) is 5.10. The Labute approximate surface area is 131 Å². The lowest BCUT2D eigenvalue weighted by Crippen LogP contribution is -1.91. The van der Waals surface area contributed by atoms with Crippen LogP contribution in [0.15, 0.2) is 22.7 Å².